The molecule has 0 aromatic heterocycles. The zero-order chi connectivity index (χ0) is 93.2. The summed E-state index contributed by atoms with van der Waals surface area (Å²) in [6.45, 7) is 35.2. The van der Waals surface area contributed by atoms with Gasteiger partial charge in [-0.15, -0.1) is 0 Å². The van der Waals surface area contributed by atoms with E-state index in [1.54, 1.807) is 66.6 Å². The van der Waals surface area contributed by atoms with Gasteiger partial charge in [-0.3, -0.25) is 19.2 Å². The van der Waals surface area contributed by atoms with Crippen LogP contribution in [0.5, 0.6) is 0 Å². The first-order valence-corrected chi connectivity index (χ1v) is 47.2. The molecule has 0 aromatic rings. The molecule has 12 heterocycles. The van der Waals surface area contributed by atoms with Crippen LogP contribution in [0.1, 0.15) is 195 Å². The van der Waals surface area contributed by atoms with Crippen molar-refractivity contribution in [2.24, 2.45) is 47.3 Å². The molecule has 14 aliphatic rings. The second-order valence-corrected chi connectivity index (χ2v) is 39.2. The number of methoxy groups -OCH3 is 4. The minimum Gasteiger partial charge on any atom is -0.462 e. The van der Waals surface area contributed by atoms with Gasteiger partial charge in [0.15, 0.2) is 36.7 Å². The molecule has 0 aromatic carbocycles. The number of ether oxygens (including phenoxy) is 20. The van der Waals surface area contributed by atoms with Crippen LogP contribution in [-0.4, -0.2) is 280 Å². The average molecular weight is 1810 g/mol. The van der Waals surface area contributed by atoms with Crippen LogP contribution in [-0.2, 0) is 114 Å². The Bertz CT molecular complexity index is 4190. The molecule has 39 atom stereocenters. The van der Waals surface area contributed by atoms with Crippen LogP contribution in [0.25, 0.3) is 0 Å². The van der Waals surface area contributed by atoms with Crippen molar-refractivity contribution in [1.82, 2.24) is 10.6 Å². The number of aliphatic hydroxyl groups is 4. The Morgan fingerprint density at radius 3 is 1.23 bits per heavy atom. The first-order chi connectivity index (χ1) is 61.2. The van der Waals surface area contributed by atoms with Gasteiger partial charge >= 0.3 is 11.9 Å². The average Bonchev–Trinajstić information content (AvgIpc) is 1.60. The maximum absolute atomic E-state index is 14.4. The van der Waals surface area contributed by atoms with Crippen molar-refractivity contribution in [2.75, 3.05) is 41.7 Å². The fraction of sp³-hybridized carbons (Fsp3) is 0.758. The number of amides is 2. The summed E-state index contributed by atoms with van der Waals surface area (Å²) in [5.41, 5.74) is 0.228. The number of hydrogen-bond donors (Lipinski definition) is 6. The van der Waals surface area contributed by atoms with Crippen LogP contribution in [0.2, 0.25) is 0 Å². The number of aliphatic hydroxyl groups excluding tert-OH is 2. The highest BCUT2D eigenvalue weighted by atomic mass is 16.8. The Morgan fingerprint density at radius 2 is 0.853 bits per heavy atom. The fourth-order valence-electron chi connectivity index (χ4n) is 21.9. The van der Waals surface area contributed by atoms with Crippen LogP contribution in [0.3, 0.4) is 0 Å². The monoisotopic (exact) mass is 1810 g/mol. The molecular weight excluding hydrogens is 1670 g/mol. The van der Waals surface area contributed by atoms with Gasteiger partial charge in [-0.25, -0.2) is 0 Å². The molecule has 129 heavy (non-hydrogen) atoms. The topological polar surface area (TPSA) is 358 Å². The molecule has 722 valence electrons. The Hall–Kier alpha value is -5.60. The van der Waals surface area contributed by atoms with Crippen LogP contribution in [0, 0.1) is 47.3 Å². The highest BCUT2D eigenvalue weighted by Crippen LogP contribution is 2.51. The zero-order valence-corrected chi connectivity index (χ0v) is 79.6. The molecule has 0 radical (unpaired) electrons. The maximum atomic E-state index is 14.4. The summed E-state index contributed by atoms with van der Waals surface area (Å²) in [4.78, 5) is 52.5. The minimum atomic E-state index is -1.84. The van der Waals surface area contributed by atoms with Crippen LogP contribution in [0.4, 0.5) is 0 Å². The Balaban J connectivity index is 0.000000220. The van der Waals surface area contributed by atoms with E-state index in [1.165, 1.54) is 13.8 Å². The lowest BCUT2D eigenvalue weighted by Crippen LogP contribution is -2.58. The predicted octanol–water partition coefficient (Wildman–Crippen LogP) is 10.7. The Morgan fingerprint density at radius 1 is 0.481 bits per heavy atom. The Kier molecular flexibility index (Phi) is 33.4. The number of nitrogens with one attached hydrogen (secondary N) is 2. The summed E-state index contributed by atoms with van der Waals surface area (Å²) in [5.74, 6) is -5.56. The maximum Gasteiger partial charge on any atom is 0.316 e. The smallest absolute Gasteiger partial charge is 0.316 e. The van der Waals surface area contributed by atoms with Crippen molar-refractivity contribution in [1.29, 1.82) is 0 Å². The van der Waals surface area contributed by atoms with Gasteiger partial charge in [-0.05, 0) is 126 Å². The number of allylic oxidation sites excluding steroid dienone is 4. The molecule has 4 bridgehead atoms. The van der Waals surface area contributed by atoms with E-state index in [0.717, 1.165) is 17.6 Å². The number of hydrogen-bond acceptors (Lipinski definition) is 28. The molecule has 30 heteroatoms. The summed E-state index contributed by atoms with van der Waals surface area (Å²) in [5, 5.41) is 53.4. The van der Waals surface area contributed by atoms with E-state index in [2.05, 4.69) is 90.3 Å². The highest BCUT2D eigenvalue weighted by Gasteiger charge is 2.63. The van der Waals surface area contributed by atoms with Gasteiger partial charge < -0.3 is 126 Å². The second-order valence-electron chi connectivity index (χ2n) is 39.2. The van der Waals surface area contributed by atoms with E-state index >= 15 is 0 Å². The summed E-state index contributed by atoms with van der Waals surface area (Å²) in [7, 11) is 6.54. The first-order valence-electron chi connectivity index (χ1n) is 47.2. The van der Waals surface area contributed by atoms with Gasteiger partial charge in [0.2, 0.25) is 11.8 Å². The predicted molar refractivity (Wildman–Crippen MR) is 473 cm³/mol. The lowest BCUT2D eigenvalue weighted by atomic mass is 9.71. The number of rotatable bonds is 17. The third-order valence-corrected chi connectivity index (χ3v) is 29.3. The van der Waals surface area contributed by atoms with E-state index in [4.69, 9.17) is 94.7 Å². The standard InChI is InChI=1S/C50H75NO14.C49H73NO14/c1-12-26(2)45-29(5)18-19-49(65-45)24-36-21-35(64-49)17-16-28(4)44(27(3)14-13-15-34-25-58-47-43(53)30(6)20-37(48(54)61-36)50(34,47)55)62-41-23-39(57-11)46(32(8)60-41)63-40-22-38(56-10)42(31(7)59-40)51-33(9)52;1-25(2)43-28(5)17-18-48(64-43)23-35-20-34(63-48)16-15-27(4)44(26(3)13-12-14-33-24-57-46-42(52)29(6)19-36(47(53)60-35)49(33,46)54)61-40-22-38(56-11)45(31(8)59-40)62-39-21-37(55-10)41(30(7)58-39)50-32(9)51/h13-16,18-20,26-27,29,31-32,35-47,53,55H,12,17,21-25H2,1-11H3,(H,51,52);12-15,17-19,25-26,28,30-31,34-46,52,54H,16,20-24H2,1-11H3,(H,50,51)/b14-13+,28-16+,34-15+;13-12+,27-15+,33-14+. The summed E-state index contributed by atoms with van der Waals surface area (Å²) in [6.07, 6.45) is 17.9. The van der Waals surface area contributed by atoms with E-state index in [9.17, 15) is 39.6 Å². The first kappa shape index (κ1) is 101. The van der Waals surface area contributed by atoms with Crippen molar-refractivity contribution < 1.29 is 134 Å². The number of carbonyl (C=O) groups is 4. The molecule has 0 saturated carbocycles. The largest absolute Gasteiger partial charge is 0.462 e. The van der Waals surface area contributed by atoms with Crippen molar-refractivity contribution in [2.45, 2.75) is 390 Å². The minimum absolute atomic E-state index is 0.0266. The highest BCUT2D eigenvalue weighted by molar-refractivity contribution is 5.80. The fourth-order valence-corrected chi connectivity index (χ4v) is 21.9. The Labute approximate surface area is 762 Å². The second kappa shape index (κ2) is 42.8. The van der Waals surface area contributed by atoms with Crippen LogP contribution >= 0.6 is 0 Å². The van der Waals surface area contributed by atoms with Crippen LogP contribution in [0.15, 0.2) is 119 Å². The van der Waals surface area contributed by atoms with Gasteiger partial charge in [-0.1, -0.05) is 135 Å². The van der Waals surface area contributed by atoms with Crippen molar-refractivity contribution in [3.63, 3.8) is 0 Å². The van der Waals surface area contributed by atoms with E-state index < -0.39 is 169 Å². The van der Waals surface area contributed by atoms with E-state index in [0.29, 0.717) is 73.7 Å². The van der Waals surface area contributed by atoms with Crippen molar-refractivity contribution >= 4 is 23.8 Å². The molecular formula is C99H148N2O28. The number of carbonyl (C=O) groups excluding carboxylic acids is 4. The third-order valence-electron chi connectivity index (χ3n) is 29.3. The summed E-state index contributed by atoms with van der Waals surface area (Å²) in [6, 6.07) is -0.629. The zero-order valence-electron chi connectivity index (χ0n) is 79.6. The van der Waals surface area contributed by atoms with Gasteiger partial charge in [-0.2, -0.15) is 0 Å². The molecule has 8 fully saturated rings. The summed E-state index contributed by atoms with van der Waals surface area (Å²) < 4.78 is 129. The van der Waals surface area contributed by atoms with Gasteiger partial charge in [0.05, 0.1) is 111 Å². The molecule has 2 amide bonds. The van der Waals surface area contributed by atoms with Gasteiger partial charge in [0.25, 0.3) is 0 Å². The third kappa shape index (κ3) is 22.2. The normalized spacial score (nSPS) is 47.4. The molecule has 14 rings (SSSR count). The molecule has 39 unspecified atom stereocenters. The molecule has 2 spiro atoms. The summed E-state index contributed by atoms with van der Waals surface area (Å²) >= 11 is 0. The molecule has 30 nitrogen and oxygen atoms in total. The SMILES string of the molecule is CCC(C)C1OC2(C=CC1C)CC1CC(C/C=C(\C)C(OC3CC(OC)C(OC4CC(OC)C(NC(C)=O)C(C)O4)C(C)O3)C(C)/C=C/C=C3\COC4C(O)C(C)=CC(C(=O)O1)C34O)O2.COC1CC(OC2C(C)OC(OC3/C(C)=C/CC4CC(CC5(C=CC(C)C(C(C)C)O5)O4)OC(=O)C4C=C(C)C(O)C5OC/C(=C\C=C\C3C)C45O)CC2OC)OC(C)C1NC(C)=O. The molecule has 6 N–H and O–H groups in total. The lowest BCUT2D eigenvalue weighted by molar-refractivity contribution is -0.311. The molecule has 12 aliphatic heterocycles. The van der Waals surface area contributed by atoms with E-state index in [-0.39, 0.29) is 122 Å². The van der Waals surface area contributed by atoms with Gasteiger partial charge in [0.1, 0.15) is 71.9 Å². The quantitative estimate of drug-likeness (QED) is 0.0582. The molecule has 8 saturated heterocycles. The lowest BCUT2D eigenvalue weighted by Gasteiger charge is -2.48. The van der Waals surface area contributed by atoms with Crippen molar-refractivity contribution in [3.05, 3.63) is 119 Å². The van der Waals surface area contributed by atoms with Crippen molar-refractivity contribution in [3.8, 4) is 0 Å². The number of esters is 2. The van der Waals surface area contributed by atoms with Gasteiger partial charge in [0, 0.05) is 117 Å². The van der Waals surface area contributed by atoms with Crippen LogP contribution < -0.4 is 10.6 Å². The molecule has 2 aliphatic carbocycles. The van der Waals surface area contributed by atoms with E-state index in [1.807, 2.05) is 78.0 Å². The number of fused-ring (bicyclic) bond motifs is 4.